The summed E-state index contributed by atoms with van der Waals surface area (Å²) in [7, 11) is 3.36. The minimum absolute atomic E-state index is 0.0597. The van der Waals surface area contributed by atoms with Gasteiger partial charge in [-0.05, 0) is 49.7 Å². The summed E-state index contributed by atoms with van der Waals surface area (Å²) in [5.74, 6) is -0.205. The Kier molecular flexibility index (Phi) is 6.31. The van der Waals surface area contributed by atoms with Gasteiger partial charge in [-0.3, -0.25) is 4.79 Å². The summed E-state index contributed by atoms with van der Waals surface area (Å²) >= 11 is 5.40. The fraction of sp³-hybridized carbons (Fsp3) is 0.450. The summed E-state index contributed by atoms with van der Waals surface area (Å²) in [4.78, 5) is 26.4. The van der Waals surface area contributed by atoms with Crippen LogP contribution in [0.15, 0.2) is 35.5 Å². The van der Waals surface area contributed by atoms with Crippen LogP contribution in [0.25, 0.3) is 0 Å². The SMILES string of the molecule is COCCOC(=O)C1=C(C)N(C)C(=S)N[C@@H]1c1ccc(NC(=O)C2CC2)cc1. The van der Waals surface area contributed by atoms with Crippen LogP contribution in [-0.4, -0.2) is 49.3 Å². The molecular weight excluding hydrogens is 378 g/mol. The number of hydrogen-bond acceptors (Lipinski definition) is 5. The van der Waals surface area contributed by atoms with Gasteiger partial charge in [0.25, 0.3) is 0 Å². The summed E-state index contributed by atoms with van der Waals surface area (Å²) in [5, 5.41) is 6.65. The normalized spacial score (nSPS) is 19.3. The number of ether oxygens (including phenoxy) is 2. The number of benzene rings is 1. The fourth-order valence-electron chi connectivity index (χ4n) is 2.99. The van der Waals surface area contributed by atoms with Crippen LogP contribution in [-0.2, 0) is 19.1 Å². The third-order valence-electron chi connectivity index (χ3n) is 4.95. The molecule has 150 valence electrons. The lowest BCUT2D eigenvalue weighted by molar-refractivity contribution is -0.140. The first kappa shape index (κ1) is 20.3. The maximum atomic E-state index is 12.7. The van der Waals surface area contributed by atoms with Gasteiger partial charge in [0.05, 0.1) is 18.2 Å². The van der Waals surface area contributed by atoms with Crippen molar-refractivity contribution >= 4 is 34.9 Å². The van der Waals surface area contributed by atoms with Gasteiger partial charge >= 0.3 is 5.97 Å². The smallest absolute Gasteiger partial charge is 0.338 e. The van der Waals surface area contributed by atoms with E-state index in [1.54, 1.807) is 19.1 Å². The van der Waals surface area contributed by atoms with E-state index < -0.39 is 12.0 Å². The monoisotopic (exact) mass is 403 g/mol. The molecule has 1 amide bonds. The van der Waals surface area contributed by atoms with E-state index in [9.17, 15) is 9.59 Å². The van der Waals surface area contributed by atoms with Crippen molar-refractivity contribution in [1.82, 2.24) is 10.2 Å². The molecule has 1 aromatic rings. The van der Waals surface area contributed by atoms with Crippen molar-refractivity contribution in [1.29, 1.82) is 0 Å². The average Bonchev–Trinajstić information content (AvgIpc) is 3.52. The van der Waals surface area contributed by atoms with Crippen LogP contribution in [0.1, 0.15) is 31.4 Å². The predicted octanol–water partition coefficient (Wildman–Crippen LogP) is 2.36. The minimum atomic E-state index is -0.424. The Morgan fingerprint density at radius 2 is 1.93 bits per heavy atom. The number of carbonyl (C=O) groups excluding carboxylic acids is 2. The van der Waals surface area contributed by atoms with Crippen LogP contribution < -0.4 is 10.6 Å². The topological polar surface area (TPSA) is 79.9 Å². The molecule has 0 aromatic heterocycles. The van der Waals surface area contributed by atoms with Crippen molar-refractivity contribution in [3.63, 3.8) is 0 Å². The molecule has 1 heterocycles. The number of hydrogen-bond donors (Lipinski definition) is 2. The number of amides is 1. The molecular formula is C20H25N3O4S. The van der Waals surface area contributed by atoms with Gasteiger partial charge in [-0.25, -0.2) is 4.79 Å². The summed E-state index contributed by atoms with van der Waals surface area (Å²) in [5.41, 5.74) is 2.84. The van der Waals surface area contributed by atoms with Gasteiger partial charge in [0.2, 0.25) is 5.91 Å². The summed E-state index contributed by atoms with van der Waals surface area (Å²) in [6, 6.07) is 7.00. The maximum Gasteiger partial charge on any atom is 0.338 e. The molecule has 3 rings (SSSR count). The summed E-state index contributed by atoms with van der Waals surface area (Å²) < 4.78 is 10.3. The molecule has 7 nitrogen and oxygen atoms in total. The second-order valence-electron chi connectivity index (χ2n) is 6.95. The molecule has 1 aliphatic heterocycles. The van der Waals surface area contributed by atoms with Crippen LogP contribution in [0.4, 0.5) is 5.69 Å². The molecule has 0 bridgehead atoms. The number of carbonyl (C=O) groups is 2. The molecule has 1 aromatic carbocycles. The van der Waals surface area contributed by atoms with Crippen LogP contribution in [0.5, 0.6) is 0 Å². The highest BCUT2D eigenvalue weighted by atomic mass is 32.1. The van der Waals surface area contributed by atoms with E-state index in [0.717, 1.165) is 29.8 Å². The van der Waals surface area contributed by atoms with Gasteiger partial charge in [-0.15, -0.1) is 0 Å². The highest BCUT2D eigenvalue weighted by Gasteiger charge is 2.33. The van der Waals surface area contributed by atoms with E-state index in [2.05, 4.69) is 10.6 Å². The highest BCUT2D eigenvalue weighted by Crippen LogP contribution is 2.32. The second kappa shape index (κ2) is 8.70. The van der Waals surface area contributed by atoms with Crippen LogP contribution >= 0.6 is 12.2 Å². The summed E-state index contributed by atoms with van der Waals surface area (Å²) in [6.45, 7) is 2.36. The largest absolute Gasteiger partial charge is 0.460 e. The zero-order valence-corrected chi connectivity index (χ0v) is 17.1. The van der Waals surface area contributed by atoms with Crippen molar-refractivity contribution in [3.8, 4) is 0 Å². The molecule has 1 saturated carbocycles. The lowest BCUT2D eigenvalue weighted by Crippen LogP contribution is -2.46. The second-order valence-corrected chi connectivity index (χ2v) is 7.34. The number of thiocarbonyl (C=S) groups is 1. The number of esters is 1. The molecule has 0 radical (unpaired) electrons. The van der Waals surface area contributed by atoms with E-state index in [1.165, 1.54) is 0 Å². The van der Waals surface area contributed by atoms with Crippen molar-refractivity contribution in [3.05, 3.63) is 41.1 Å². The van der Waals surface area contributed by atoms with Gasteiger partial charge in [0.1, 0.15) is 6.61 Å². The van der Waals surface area contributed by atoms with E-state index in [-0.39, 0.29) is 18.4 Å². The average molecular weight is 404 g/mol. The zero-order valence-electron chi connectivity index (χ0n) is 16.3. The molecule has 8 heteroatoms. The number of nitrogens with zero attached hydrogens (tertiary/aromatic N) is 1. The lowest BCUT2D eigenvalue weighted by atomic mass is 9.95. The number of nitrogens with one attached hydrogen (secondary N) is 2. The molecule has 0 unspecified atom stereocenters. The first-order chi connectivity index (χ1) is 13.4. The van der Waals surface area contributed by atoms with Gasteiger partial charge in [0.15, 0.2) is 5.11 Å². The van der Waals surface area contributed by atoms with Crippen LogP contribution in [0.3, 0.4) is 0 Å². The molecule has 0 spiro atoms. The maximum absolute atomic E-state index is 12.7. The van der Waals surface area contributed by atoms with E-state index in [1.807, 2.05) is 31.2 Å². The van der Waals surface area contributed by atoms with E-state index in [0.29, 0.717) is 17.3 Å². The fourth-order valence-corrected chi connectivity index (χ4v) is 3.25. The lowest BCUT2D eigenvalue weighted by Gasteiger charge is -2.35. The van der Waals surface area contributed by atoms with E-state index >= 15 is 0 Å². The molecule has 2 N–H and O–H groups in total. The van der Waals surface area contributed by atoms with E-state index in [4.69, 9.17) is 21.7 Å². The predicted molar refractivity (Wildman–Crippen MR) is 110 cm³/mol. The number of allylic oxidation sites excluding steroid dienone is 1. The highest BCUT2D eigenvalue weighted by molar-refractivity contribution is 7.80. The Labute approximate surface area is 170 Å². The Morgan fingerprint density at radius 1 is 1.25 bits per heavy atom. The number of rotatable bonds is 7. The molecule has 1 atom stereocenters. The quantitative estimate of drug-likeness (QED) is 0.411. The van der Waals surface area contributed by atoms with Crippen molar-refractivity contribution in [2.75, 3.05) is 32.7 Å². The molecule has 28 heavy (non-hydrogen) atoms. The van der Waals surface area contributed by atoms with Crippen molar-refractivity contribution in [2.24, 2.45) is 5.92 Å². The van der Waals surface area contributed by atoms with Gasteiger partial charge in [-0.2, -0.15) is 0 Å². The molecule has 0 saturated heterocycles. The number of anilines is 1. The van der Waals surface area contributed by atoms with Crippen LogP contribution in [0, 0.1) is 5.92 Å². The number of methoxy groups -OCH3 is 1. The third kappa shape index (κ3) is 4.51. The first-order valence-corrected chi connectivity index (χ1v) is 9.65. The molecule has 1 fully saturated rings. The van der Waals surface area contributed by atoms with Gasteiger partial charge < -0.3 is 25.0 Å². The Bertz CT molecular complexity index is 802. The zero-order chi connectivity index (χ0) is 20.3. The molecule has 2 aliphatic rings. The van der Waals surface area contributed by atoms with Crippen molar-refractivity contribution in [2.45, 2.75) is 25.8 Å². The van der Waals surface area contributed by atoms with Crippen molar-refractivity contribution < 1.29 is 19.1 Å². The Balaban J connectivity index is 1.81. The van der Waals surface area contributed by atoms with Gasteiger partial charge in [-0.1, -0.05) is 12.1 Å². The van der Waals surface area contributed by atoms with Gasteiger partial charge in [0, 0.05) is 31.5 Å². The molecule has 1 aliphatic carbocycles. The minimum Gasteiger partial charge on any atom is -0.460 e. The van der Waals surface area contributed by atoms with Crippen LogP contribution in [0.2, 0.25) is 0 Å². The standard InChI is InChI=1S/C20H25N3O4S/c1-12-16(19(25)27-11-10-26-3)17(22-20(28)23(12)2)13-6-8-15(9-7-13)21-18(24)14-4-5-14/h6-9,14,17H,4-5,10-11H2,1-3H3,(H,21,24)(H,22,28)/t17-/m1/s1. The third-order valence-corrected chi connectivity index (χ3v) is 5.35. The summed E-state index contributed by atoms with van der Waals surface area (Å²) in [6.07, 6.45) is 1.92. The Morgan fingerprint density at radius 3 is 2.54 bits per heavy atom. The Hall–Kier alpha value is -2.45. The first-order valence-electron chi connectivity index (χ1n) is 9.24.